The first kappa shape index (κ1) is 16.0. The molecule has 2 heteroatoms. The summed E-state index contributed by atoms with van der Waals surface area (Å²) in [4.78, 5) is 4.32. The highest BCUT2D eigenvalue weighted by atomic mass is 15.0. The van der Waals surface area contributed by atoms with E-state index in [9.17, 15) is 0 Å². The van der Waals surface area contributed by atoms with Gasteiger partial charge in [-0.2, -0.15) is 0 Å². The number of pyridine rings is 1. The summed E-state index contributed by atoms with van der Waals surface area (Å²) in [5.74, 6) is 0. The van der Waals surface area contributed by atoms with Crippen LogP contribution < -0.4 is 0 Å². The second kappa shape index (κ2) is 8.16. The smallest absolute Gasteiger partial charge is 0.136 e. The Kier molecular flexibility index (Phi) is 6.51. The predicted octanol–water partition coefficient (Wildman–Crippen LogP) is 5.36. The summed E-state index contributed by atoms with van der Waals surface area (Å²) in [6.07, 6.45) is 4.02. The third-order valence-electron chi connectivity index (χ3n) is 2.80. The molecule has 3 rings (SSSR count). The number of hydrogen-bond acceptors (Lipinski definition) is 1. The minimum Gasteiger partial charge on any atom is -0.304 e. The number of hydrogen-bond donors (Lipinski definition) is 0. The Morgan fingerprint density at radius 1 is 0.800 bits per heavy atom. The monoisotopic (exact) mass is 268 g/mol. The third kappa shape index (κ3) is 3.47. The number of imidazole rings is 1. The first-order valence-electron chi connectivity index (χ1n) is 7.34. The molecule has 0 saturated heterocycles. The molecular formula is C18H24N2. The average Bonchev–Trinajstić information content (AvgIpc) is 2.93. The summed E-state index contributed by atoms with van der Waals surface area (Å²) >= 11 is 0. The summed E-state index contributed by atoms with van der Waals surface area (Å²) < 4.78 is 2.11. The first-order valence-corrected chi connectivity index (χ1v) is 7.34. The van der Waals surface area contributed by atoms with Crippen LogP contribution in [0.1, 0.15) is 33.4 Å². The standard InChI is InChI=1S/C14H12N2.2C2H6/c1-11-9-15-14-8-7-13(10-16(11)14)12-5-3-2-4-6-12;2*1-2/h2-10H,1H3;2*1-2H3. The van der Waals surface area contributed by atoms with Crippen molar-refractivity contribution in [3.8, 4) is 11.1 Å². The predicted molar refractivity (Wildman–Crippen MR) is 88.1 cm³/mol. The van der Waals surface area contributed by atoms with Crippen molar-refractivity contribution in [2.75, 3.05) is 0 Å². The Morgan fingerprint density at radius 2 is 1.45 bits per heavy atom. The molecule has 20 heavy (non-hydrogen) atoms. The van der Waals surface area contributed by atoms with Crippen LogP contribution in [0.15, 0.2) is 54.9 Å². The van der Waals surface area contributed by atoms with Crippen molar-refractivity contribution in [1.82, 2.24) is 9.38 Å². The largest absolute Gasteiger partial charge is 0.304 e. The maximum absolute atomic E-state index is 4.32. The summed E-state index contributed by atoms with van der Waals surface area (Å²) in [5, 5.41) is 0. The van der Waals surface area contributed by atoms with Gasteiger partial charge in [0.25, 0.3) is 0 Å². The number of nitrogens with zero attached hydrogens (tertiary/aromatic N) is 2. The van der Waals surface area contributed by atoms with Crippen LogP contribution >= 0.6 is 0 Å². The Hall–Kier alpha value is -2.09. The normalized spacial score (nSPS) is 9.25. The maximum Gasteiger partial charge on any atom is 0.136 e. The molecule has 0 unspecified atom stereocenters. The van der Waals surface area contributed by atoms with Crippen molar-refractivity contribution in [3.63, 3.8) is 0 Å². The van der Waals surface area contributed by atoms with Gasteiger partial charge >= 0.3 is 0 Å². The molecule has 0 aliphatic rings. The van der Waals surface area contributed by atoms with Crippen LogP contribution in [0, 0.1) is 6.92 Å². The minimum atomic E-state index is 0.997. The van der Waals surface area contributed by atoms with Gasteiger partial charge in [0.15, 0.2) is 0 Å². The molecule has 0 fully saturated rings. The van der Waals surface area contributed by atoms with Gasteiger partial charge in [0.05, 0.1) is 0 Å². The summed E-state index contributed by atoms with van der Waals surface area (Å²) in [6, 6.07) is 14.5. The molecule has 2 aromatic heterocycles. The molecular weight excluding hydrogens is 244 g/mol. The van der Waals surface area contributed by atoms with E-state index in [0.717, 1.165) is 11.3 Å². The fraction of sp³-hybridized carbons (Fsp3) is 0.278. The molecule has 0 bridgehead atoms. The lowest BCUT2D eigenvalue weighted by Crippen LogP contribution is -1.88. The highest BCUT2D eigenvalue weighted by Gasteiger charge is 2.01. The zero-order valence-corrected chi connectivity index (χ0v) is 13.1. The molecule has 0 atom stereocenters. The highest BCUT2D eigenvalue weighted by molar-refractivity contribution is 5.64. The zero-order chi connectivity index (χ0) is 15.0. The fourth-order valence-electron chi connectivity index (χ4n) is 1.90. The van der Waals surface area contributed by atoms with Gasteiger partial charge in [-0.25, -0.2) is 4.98 Å². The second-order valence-electron chi connectivity index (χ2n) is 3.91. The quantitative estimate of drug-likeness (QED) is 0.580. The molecule has 0 saturated carbocycles. The third-order valence-corrected chi connectivity index (χ3v) is 2.80. The van der Waals surface area contributed by atoms with Gasteiger partial charge in [0, 0.05) is 18.1 Å². The molecule has 0 aliphatic heterocycles. The topological polar surface area (TPSA) is 17.3 Å². The summed E-state index contributed by atoms with van der Waals surface area (Å²) in [5.41, 5.74) is 4.61. The Bertz CT molecular complexity index is 624. The lowest BCUT2D eigenvalue weighted by molar-refractivity contribution is 1.11. The van der Waals surface area contributed by atoms with Crippen LogP contribution in [0.3, 0.4) is 0 Å². The van der Waals surface area contributed by atoms with Crippen LogP contribution in [-0.2, 0) is 0 Å². The van der Waals surface area contributed by atoms with Crippen molar-refractivity contribution >= 4 is 5.65 Å². The van der Waals surface area contributed by atoms with Gasteiger partial charge in [0.2, 0.25) is 0 Å². The fourth-order valence-corrected chi connectivity index (χ4v) is 1.90. The molecule has 0 aliphatic carbocycles. The van der Waals surface area contributed by atoms with Crippen LogP contribution in [0.25, 0.3) is 16.8 Å². The number of fused-ring (bicyclic) bond motifs is 1. The molecule has 0 N–H and O–H groups in total. The van der Waals surface area contributed by atoms with Crippen molar-refractivity contribution in [2.24, 2.45) is 0 Å². The summed E-state index contributed by atoms with van der Waals surface area (Å²) in [7, 11) is 0. The molecule has 3 aromatic rings. The number of aryl methyl sites for hydroxylation is 1. The van der Waals surface area contributed by atoms with Crippen molar-refractivity contribution in [1.29, 1.82) is 0 Å². The van der Waals surface area contributed by atoms with Crippen molar-refractivity contribution < 1.29 is 0 Å². The Labute approximate surface area is 122 Å². The molecule has 0 amide bonds. The van der Waals surface area contributed by atoms with Crippen LogP contribution in [0.5, 0.6) is 0 Å². The lowest BCUT2D eigenvalue weighted by atomic mass is 10.1. The van der Waals surface area contributed by atoms with Crippen LogP contribution in [0.2, 0.25) is 0 Å². The number of benzene rings is 1. The van der Waals surface area contributed by atoms with Crippen LogP contribution in [-0.4, -0.2) is 9.38 Å². The molecule has 0 spiro atoms. The first-order chi connectivity index (χ1) is 9.84. The van der Waals surface area contributed by atoms with E-state index in [1.165, 1.54) is 11.1 Å². The lowest BCUT2D eigenvalue weighted by Gasteiger charge is -2.03. The molecule has 106 valence electrons. The van der Waals surface area contributed by atoms with Gasteiger partial charge in [-0.05, 0) is 30.2 Å². The molecule has 0 radical (unpaired) electrons. The zero-order valence-electron chi connectivity index (χ0n) is 13.1. The number of aromatic nitrogens is 2. The van der Waals surface area contributed by atoms with Crippen molar-refractivity contribution in [3.05, 3.63) is 60.6 Å². The Morgan fingerprint density at radius 3 is 2.10 bits per heavy atom. The van der Waals surface area contributed by atoms with Gasteiger partial charge in [-0.1, -0.05) is 58.0 Å². The van der Waals surface area contributed by atoms with Gasteiger partial charge < -0.3 is 4.40 Å². The van der Waals surface area contributed by atoms with E-state index in [2.05, 4.69) is 58.9 Å². The van der Waals surface area contributed by atoms with E-state index in [1.54, 1.807) is 0 Å². The maximum atomic E-state index is 4.32. The molecule has 1 aromatic carbocycles. The van der Waals surface area contributed by atoms with E-state index in [0.29, 0.717) is 0 Å². The van der Waals surface area contributed by atoms with E-state index in [1.807, 2.05) is 40.0 Å². The van der Waals surface area contributed by atoms with Crippen LogP contribution in [0.4, 0.5) is 0 Å². The van der Waals surface area contributed by atoms with E-state index >= 15 is 0 Å². The van der Waals surface area contributed by atoms with E-state index < -0.39 is 0 Å². The number of rotatable bonds is 1. The average molecular weight is 268 g/mol. The highest BCUT2D eigenvalue weighted by Crippen LogP contribution is 2.19. The Balaban J connectivity index is 0.000000461. The van der Waals surface area contributed by atoms with E-state index in [-0.39, 0.29) is 0 Å². The van der Waals surface area contributed by atoms with E-state index in [4.69, 9.17) is 0 Å². The molecule has 2 heterocycles. The SMILES string of the molecule is CC.CC.Cc1cnc2ccc(-c3ccccc3)cn12. The minimum absolute atomic E-state index is 0.997. The summed E-state index contributed by atoms with van der Waals surface area (Å²) in [6.45, 7) is 10.1. The van der Waals surface area contributed by atoms with Crippen molar-refractivity contribution in [2.45, 2.75) is 34.6 Å². The molecule has 2 nitrogen and oxygen atoms in total. The van der Waals surface area contributed by atoms with Gasteiger partial charge in [-0.3, -0.25) is 0 Å². The van der Waals surface area contributed by atoms with Gasteiger partial charge in [-0.15, -0.1) is 0 Å². The van der Waals surface area contributed by atoms with Gasteiger partial charge in [0.1, 0.15) is 5.65 Å². The second-order valence-corrected chi connectivity index (χ2v) is 3.91.